The molecule has 14 heavy (non-hydrogen) atoms. The van der Waals surface area contributed by atoms with Gasteiger partial charge in [0.1, 0.15) is 0 Å². The molecule has 1 aliphatic carbocycles. The van der Waals surface area contributed by atoms with Crippen molar-refractivity contribution in [3.8, 4) is 0 Å². The first kappa shape index (κ1) is 9.81. The maximum atomic E-state index is 9.18. The Labute approximate surface area is 88.9 Å². The normalized spacial score (nSPS) is 17.9. The molecule has 0 saturated heterocycles. The predicted octanol–water partition coefficient (Wildman–Crippen LogP) is 2.52. The SMILES string of the molecule is OCC(Nc1ccccc1Cl)C1CC1. The van der Waals surface area contributed by atoms with Crippen LogP contribution in [0.4, 0.5) is 5.69 Å². The van der Waals surface area contributed by atoms with E-state index >= 15 is 0 Å². The maximum Gasteiger partial charge on any atom is 0.0637 e. The van der Waals surface area contributed by atoms with Crippen molar-refractivity contribution in [2.45, 2.75) is 18.9 Å². The third kappa shape index (κ3) is 2.20. The number of aliphatic hydroxyl groups is 1. The zero-order chi connectivity index (χ0) is 9.97. The molecule has 0 aromatic heterocycles. The molecule has 2 rings (SSSR count). The van der Waals surface area contributed by atoms with E-state index < -0.39 is 0 Å². The molecule has 2 nitrogen and oxygen atoms in total. The molecule has 0 bridgehead atoms. The number of benzene rings is 1. The van der Waals surface area contributed by atoms with E-state index in [0.29, 0.717) is 10.9 Å². The lowest BCUT2D eigenvalue weighted by atomic mass is 10.2. The van der Waals surface area contributed by atoms with Gasteiger partial charge in [0.2, 0.25) is 0 Å². The Morgan fingerprint density at radius 1 is 1.43 bits per heavy atom. The average Bonchev–Trinajstić information content (AvgIpc) is 3.00. The maximum absolute atomic E-state index is 9.18. The van der Waals surface area contributed by atoms with Gasteiger partial charge in [-0.15, -0.1) is 0 Å². The Morgan fingerprint density at radius 3 is 2.71 bits per heavy atom. The van der Waals surface area contributed by atoms with Gasteiger partial charge in [-0.3, -0.25) is 0 Å². The largest absolute Gasteiger partial charge is 0.394 e. The smallest absolute Gasteiger partial charge is 0.0637 e. The molecule has 0 amide bonds. The van der Waals surface area contributed by atoms with E-state index in [1.165, 1.54) is 12.8 Å². The van der Waals surface area contributed by atoms with Crippen LogP contribution >= 0.6 is 11.6 Å². The molecule has 1 aliphatic rings. The molecule has 2 N–H and O–H groups in total. The monoisotopic (exact) mass is 211 g/mol. The third-order valence-electron chi connectivity index (χ3n) is 2.60. The predicted molar refractivity (Wildman–Crippen MR) is 58.7 cm³/mol. The van der Waals surface area contributed by atoms with Gasteiger partial charge < -0.3 is 10.4 Å². The van der Waals surface area contributed by atoms with Crippen molar-refractivity contribution in [1.29, 1.82) is 0 Å². The van der Waals surface area contributed by atoms with Crippen LogP contribution in [0.1, 0.15) is 12.8 Å². The van der Waals surface area contributed by atoms with Crippen molar-refractivity contribution >= 4 is 17.3 Å². The minimum absolute atomic E-state index is 0.162. The summed E-state index contributed by atoms with van der Waals surface area (Å²) in [5.41, 5.74) is 0.917. The van der Waals surface area contributed by atoms with Crippen molar-refractivity contribution < 1.29 is 5.11 Å². The topological polar surface area (TPSA) is 32.3 Å². The van der Waals surface area contributed by atoms with E-state index in [2.05, 4.69) is 5.32 Å². The summed E-state index contributed by atoms with van der Waals surface area (Å²) in [4.78, 5) is 0. The van der Waals surface area contributed by atoms with Crippen LogP contribution in [0.25, 0.3) is 0 Å². The van der Waals surface area contributed by atoms with Crippen LogP contribution in [-0.2, 0) is 0 Å². The Bertz CT molecular complexity index is 312. The summed E-state index contributed by atoms with van der Waals surface area (Å²) < 4.78 is 0. The molecule has 1 unspecified atom stereocenters. The first-order chi connectivity index (χ1) is 6.81. The molecule has 76 valence electrons. The van der Waals surface area contributed by atoms with Crippen LogP contribution in [-0.4, -0.2) is 17.8 Å². The van der Waals surface area contributed by atoms with E-state index in [1.807, 2.05) is 24.3 Å². The zero-order valence-corrected chi connectivity index (χ0v) is 8.67. The van der Waals surface area contributed by atoms with Crippen molar-refractivity contribution in [3.05, 3.63) is 29.3 Å². The number of para-hydroxylation sites is 1. The Kier molecular flexibility index (Phi) is 2.94. The summed E-state index contributed by atoms with van der Waals surface area (Å²) >= 11 is 6.01. The summed E-state index contributed by atoms with van der Waals surface area (Å²) in [7, 11) is 0. The number of hydrogen-bond acceptors (Lipinski definition) is 2. The van der Waals surface area contributed by atoms with Crippen molar-refractivity contribution in [2.24, 2.45) is 5.92 Å². The number of aliphatic hydroxyl groups excluding tert-OH is 1. The van der Waals surface area contributed by atoms with E-state index in [1.54, 1.807) is 0 Å². The molecule has 1 aromatic carbocycles. The van der Waals surface area contributed by atoms with Gasteiger partial charge in [-0.25, -0.2) is 0 Å². The fourth-order valence-electron chi connectivity index (χ4n) is 1.59. The Morgan fingerprint density at radius 2 is 2.14 bits per heavy atom. The number of rotatable bonds is 4. The minimum Gasteiger partial charge on any atom is -0.394 e. The third-order valence-corrected chi connectivity index (χ3v) is 2.93. The highest BCUT2D eigenvalue weighted by Crippen LogP contribution is 2.35. The summed E-state index contributed by atoms with van der Waals surface area (Å²) in [6.07, 6.45) is 2.42. The lowest BCUT2D eigenvalue weighted by Gasteiger charge is -2.17. The highest BCUT2D eigenvalue weighted by atomic mass is 35.5. The Balaban J connectivity index is 2.04. The fourth-order valence-corrected chi connectivity index (χ4v) is 1.78. The van der Waals surface area contributed by atoms with E-state index in [9.17, 15) is 5.11 Å². The van der Waals surface area contributed by atoms with Crippen LogP contribution in [0.5, 0.6) is 0 Å². The van der Waals surface area contributed by atoms with Crippen molar-refractivity contribution in [2.75, 3.05) is 11.9 Å². The Hall–Kier alpha value is -0.730. The van der Waals surface area contributed by atoms with Crippen LogP contribution in [0.15, 0.2) is 24.3 Å². The molecule has 1 aromatic rings. The van der Waals surface area contributed by atoms with Gasteiger partial charge in [0.15, 0.2) is 0 Å². The molecular formula is C11H14ClNO. The van der Waals surface area contributed by atoms with Gasteiger partial charge in [-0.2, -0.15) is 0 Å². The van der Waals surface area contributed by atoms with Gasteiger partial charge in [-0.1, -0.05) is 23.7 Å². The van der Waals surface area contributed by atoms with E-state index in [0.717, 1.165) is 5.69 Å². The molecule has 1 atom stereocenters. The standard InChI is InChI=1S/C11H14ClNO/c12-9-3-1-2-4-10(9)13-11(7-14)8-5-6-8/h1-4,8,11,13-14H,5-7H2. The molecular weight excluding hydrogens is 198 g/mol. The molecule has 0 heterocycles. The van der Waals surface area contributed by atoms with Gasteiger partial charge in [-0.05, 0) is 30.9 Å². The molecule has 0 radical (unpaired) electrons. The summed E-state index contributed by atoms with van der Waals surface area (Å²) in [5, 5.41) is 13.2. The number of anilines is 1. The zero-order valence-electron chi connectivity index (χ0n) is 7.91. The molecule has 3 heteroatoms. The van der Waals surface area contributed by atoms with Gasteiger partial charge in [0.25, 0.3) is 0 Å². The van der Waals surface area contributed by atoms with E-state index in [-0.39, 0.29) is 12.6 Å². The second-order valence-electron chi connectivity index (χ2n) is 3.75. The van der Waals surface area contributed by atoms with Crippen molar-refractivity contribution in [1.82, 2.24) is 0 Å². The molecule has 0 spiro atoms. The number of hydrogen-bond donors (Lipinski definition) is 2. The second-order valence-corrected chi connectivity index (χ2v) is 4.16. The minimum atomic E-state index is 0.162. The summed E-state index contributed by atoms with van der Waals surface area (Å²) in [6.45, 7) is 0.176. The molecule has 1 saturated carbocycles. The highest BCUT2D eigenvalue weighted by Gasteiger charge is 2.30. The first-order valence-corrected chi connectivity index (χ1v) is 5.31. The molecule has 0 aliphatic heterocycles. The summed E-state index contributed by atoms with van der Waals surface area (Å²) in [5.74, 6) is 0.622. The van der Waals surface area contributed by atoms with Crippen molar-refractivity contribution in [3.63, 3.8) is 0 Å². The molecule has 1 fully saturated rings. The number of nitrogens with one attached hydrogen (secondary N) is 1. The quantitative estimate of drug-likeness (QED) is 0.802. The lowest BCUT2D eigenvalue weighted by molar-refractivity contribution is 0.263. The lowest BCUT2D eigenvalue weighted by Crippen LogP contribution is -2.26. The van der Waals surface area contributed by atoms with Gasteiger partial charge >= 0.3 is 0 Å². The average molecular weight is 212 g/mol. The fraction of sp³-hybridized carbons (Fsp3) is 0.455. The van der Waals surface area contributed by atoms with Crippen LogP contribution in [0.3, 0.4) is 0 Å². The van der Waals surface area contributed by atoms with Crippen LogP contribution in [0, 0.1) is 5.92 Å². The summed E-state index contributed by atoms with van der Waals surface area (Å²) in [6, 6.07) is 7.79. The highest BCUT2D eigenvalue weighted by molar-refractivity contribution is 6.33. The van der Waals surface area contributed by atoms with E-state index in [4.69, 9.17) is 11.6 Å². The van der Waals surface area contributed by atoms with Gasteiger partial charge in [0, 0.05) is 0 Å². The van der Waals surface area contributed by atoms with Gasteiger partial charge in [0.05, 0.1) is 23.4 Å². The van der Waals surface area contributed by atoms with Crippen LogP contribution in [0.2, 0.25) is 5.02 Å². The second kappa shape index (κ2) is 4.20. The number of halogens is 1. The first-order valence-electron chi connectivity index (χ1n) is 4.93. The van der Waals surface area contributed by atoms with Crippen LogP contribution < -0.4 is 5.32 Å².